The van der Waals surface area contributed by atoms with Crippen molar-refractivity contribution in [1.82, 2.24) is 5.32 Å². The van der Waals surface area contributed by atoms with Crippen LogP contribution in [0.1, 0.15) is 24.6 Å². The Bertz CT molecular complexity index is 243. The van der Waals surface area contributed by atoms with Crippen molar-refractivity contribution in [2.75, 3.05) is 0 Å². The van der Waals surface area contributed by atoms with Crippen LogP contribution in [0.5, 0.6) is 0 Å². The number of hydrogen-bond acceptors (Lipinski definition) is 2. The second kappa shape index (κ2) is 3.25. The fraction of sp³-hybridized carbons (Fsp3) is 0.400. The maximum Gasteiger partial charge on any atom is 0.131 e. The van der Waals surface area contributed by atoms with E-state index in [9.17, 15) is 5.11 Å². The summed E-state index contributed by atoms with van der Waals surface area (Å²) in [7, 11) is 0. The maximum absolute atomic E-state index is 9.62. The van der Waals surface area contributed by atoms with E-state index in [0.717, 1.165) is 5.56 Å². The minimum absolute atomic E-state index is 0.487. The molecule has 64 valence electrons. The van der Waals surface area contributed by atoms with E-state index >= 15 is 0 Å². The van der Waals surface area contributed by atoms with E-state index in [-0.39, 0.29) is 0 Å². The smallest absolute Gasteiger partial charge is 0.131 e. The lowest BCUT2D eigenvalue weighted by Crippen LogP contribution is -2.22. The van der Waals surface area contributed by atoms with Gasteiger partial charge in [-0.05, 0) is 18.4 Å². The van der Waals surface area contributed by atoms with Crippen LogP contribution in [0.3, 0.4) is 0 Å². The van der Waals surface area contributed by atoms with Crippen LogP contribution in [0, 0.1) is 0 Å². The van der Waals surface area contributed by atoms with E-state index in [1.165, 1.54) is 12.8 Å². The number of aliphatic hydroxyl groups is 1. The fourth-order valence-corrected chi connectivity index (χ4v) is 1.20. The summed E-state index contributed by atoms with van der Waals surface area (Å²) in [5, 5.41) is 12.7. The quantitative estimate of drug-likeness (QED) is 0.661. The summed E-state index contributed by atoms with van der Waals surface area (Å²) < 4.78 is 0. The number of benzene rings is 1. The van der Waals surface area contributed by atoms with Crippen LogP contribution < -0.4 is 5.32 Å². The first-order valence-corrected chi connectivity index (χ1v) is 4.35. The lowest BCUT2D eigenvalue weighted by Gasteiger charge is -2.11. The van der Waals surface area contributed by atoms with Crippen molar-refractivity contribution in [2.45, 2.75) is 25.1 Å². The Morgan fingerprint density at radius 3 is 2.50 bits per heavy atom. The van der Waals surface area contributed by atoms with Crippen molar-refractivity contribution < 1.29 is 5.11 Å². The van der Waals surface area contributed by atoms with Crippen molar-refractivity contribution in [2.24, 2.45) is 0 Å². The highest BCUT2D eigenvalue weighted by molar-refractivity contribution is 5.17. The molecule has 1 unspecified atom stereocenters. The van der Waals surface area contributed by atoms with Crippen molar-refractivity contribution in [3.63, 3.8) is 0 Å². The van der Waals surface area contributed by atoms with E-state index in [1.807, 2.05) is 30.3 Å². The molecule has 1 saturated carbocycles. The average molecular weight is 163 g/mol. The fourth-order valence-electron chi connectivity index (χ4n) is 1.20. The van der Waals surface area contributed by atoms with Gasteiger partial charge < -0.3 is 5.11 Å². The molecule has 2 rings (SSSR count). The molecule has 0 radical (unpaired) electrons. The van der Waals surface area contributed by atoms with Crippen molar-refractivity contribution in [3.05, 3.63) is 35.9 Å². The average Bonchev–Trinajstić information content (AvgIpc) is 2.90. The third-order valence-electron chi connectivity index (χ3n) is 2.09. The first-order valence-electron chi connectivity index (χ1n) is 4.35. The summed E-state index contributed by atoms with van der Waals surface area (Å²) in [5.41, 5.74) is 0.949. The van der Waals surface area contributed by atoms with Gasteiger partial charge in [0.15, 0.2) is 0 Å². The third kappa shape index (κ3) is 1.84. The topological polar surface area (TPSA) is 32.3 Å². The Labute approximate surface area is 72.2 Å². The standard InChI is InChI=1S/C10H13NO/c12-10(11-9-6-7-9)8-4-2-1-3-5-8/h1-5,9-12H,6-7H2. The van der Waals surface area contributed by atoms with Crippen LogP contribution in [0.4, 0.5) is 0 Å². The van der Waals surface area contributed by atoms with Crippen LogP contribution in [0.25, 0.3) is 0 Å². The highest BCUT2D eigenvalue weighted by Gasteiger charge is 2.23. The number of nitrogens with one attached hydrogen (secondary N) is 1. The zero-order chi connectivity index (χ0) is 8.39. The zero-order valence-electron chi connectivity index (χ0n) is 6.90. The molecule has 12 heavy (non-hydrogen) atoms. The van der Waals surface area contributed by atoms with Gasteiger partial charge in [-0.1, -0.05) is 30.3 Å². The lowest BCUT2D eigenvalue weighted by atomic mass is 10.2. The molecule has 1 aliphatic carbocycles. The molecule has 0 heterocycles. The molecule has 0 saturated heterocycles. The van der Waals surface area contributed by atoms with Gasteiger partial charge in [0.05, 0.1) is 0 Å². The minimum Gasteiger partial charge on any atom is -0.374 e. The number of hydrogen-bond donors (Lipinski definition) is 2. The Hall–Kier alpha value is -0.860. The summed E-state index contributed by atoms with van der Waals surface area (Å²) >= 11 is 0. The van der Waals surface area contributed by atoms with Gasteiger partial charge in [-0.2, -0.15) is 0 Å². The summed E-state index contributed by atoms with van der Waals surface area (Å²) in [6.07, 6.45) is 1.91. The highest BCUT2D eigenvalue weighted by atomic mass is 16.3. The van der Waals surface area contributed by atoms with Gasteiger partial charge >= 0.3 is 0 Å². The predicted molar refractivity (Wildman–Crippen MR) is 47.6 cm³/mol. The molecule has 0 aliphatic heterocycles. The first kappa shape index (κ1) is 7.77. The molecule has 0 spiro atoms. The maximum atomic E-state index is 9.62. The van der Waals surface area contributed by atoms with Gasteiger partial charge in [0, 0.05) is 6.04 Å². The van der Waals surface area contributed by atoms with Crippen molar-refractivity contribution in [1.29, 1.82) is 0 Å². The van der Waals surface area contributed by atoms with Crippen molar-refractivity contribution in [3.8, 4) is 0 Å². The number of aliphatic hydroxyl groups excluding tert-OH is 1. The van der Waals surface area contributed by atoms with E-state index in [1.54, 1.807) is 0 Å². The van der Waals surface area contributed by atoms with Gasteiger partial charge in [-0.15, -0.1) is 0 Å². The molecule has 0 aromatic heterocycles. The van der Waals surface area contributed by atoms with Crippen LogP contribution in [0.2, 0.25) is 0 Å². The molecule has 2 N–H and O–H groups in total. The van der Waals surface area contributed by atoms with Gasteiger partial charge in [0.25, 0.3) is 0 Å². The summed E-state index contributed by atoms with van der Waals surface area (Å²) in [6, 6.07) is 10.2. The summed E-state index contributed by atoms with van der Waals surface area (Å²) in [6.45, 7) is 0. The van der Waals surface area contributed by atoms with Gasteiger partial charge in [-0.25, -0.2) is 0 Å². The largest absolute Gasteiger partial charge is 0.374 e. The molecule has 1 atom stereocenters. The second-order valence-electron chi connectivity index (χ2n) is 3.25. The zero-order valence-corrected chi connectivity index (χ0v) is 6.90. The van der Waals surface area contributed by atoms with Gasteiger partial charge in [0.2, 0.25) is 0 Å². The Balaban J connectivity index is 1.98. The van der Waals surface area contributed by atoms with E-state index in [2.05, 4.69) is 5.32 Å². The van der Waals surface area contributed by atoms with Gasteiger partial charge in [0.1, 0.15) is 6.23 Å². The molecular formula is C10H13NO. The van der Waals surface area contributed by atoms with E-state index in [4.69, 9.17) is 0 Å². The first-order chi connectivity index (χ1) is 5.86. The summed E-state index contributed by atoms with van der Waals surface area (Å²) in [4.78, 5) is 0. The van der Waals surface area contributed by atoms with Crippen molar-refractivity contribution >= 4 is 0 Å². The molecular weight excluding hydrogens is 150 g/mol. The summed E-state index contributed by atoms with van der Waals surface area (Å²) in [5.74, 6) is 0. The molecule has 1 aliphatic rings. The second-order valence-corrected chi connectivity index (χ2v) is 3.25. The highest BCUT2D eigenvalue weighted by Crippen LogP contribution is 2.22. The van der Waals surface area contributed by atoms with Crippen LogP contribution in [0.15, 0.2) is 30.3 Å². The Morgan fingerprint density at radius 1 is 1.25 bits per heavy atom. The normalized spacial score (nSPS) is 19.1. The molecule has 0 bridgehead atoms. The Morgan fingerprint density at radius 2 is 1.92 bits per heavy atom. The van der Waals surface area contributed by atoms with Gasteiger partial charge in [-0.3, -0.25) is 5.32 Å². The SMILES string of the molecule is OC(NC1CC1)c1ccccc1. The van der Waals surface area contributed by atoms with Crippen LogP contribution in [-0.2, 0) is 0 Å². The Kier molecular flexibility index (Phi) is 2.11. The molecule has 2 nitrogen and oxygen atoms in total. The van der Waals surface area contributed by atoms with E-state index in [0.29, 0.717) is 6.04 Å². The minimum atomic E-state index is -0.487. The molecule has 1 aromatic carbocycles. The third-order valence-corrected chi connectivity index (χ3v) is 2.09. The van der Waals surface area contributed by atoms with Crippen LogP contribution >= 0.6 is 0 Å². The number of rotatable bonds is 3. The monoisotopic (exact) mass is 163 g/mol. The molecule has 1 fully saturated rings. The predicted octanol–water partition coefficient (Wildman–Crippen LogP) is 1.43. The molecule has 2 heteroatoms. The molecule has 1 aromatic rings. The van der Waals surface area contributed by atoms with Crippen LogP contribution in [-0.4, -0.2) is 11.1 Å². The molecule has 0 amide bonds. The lowest BCUT2D eigenvalue weighted by molar-refractivity contribution is 0.137. The van der Waals surface area contributed by atoms with E-state index < -0.39 is 6.23 Å².